The second-order valence-electron chi connectivity index (χ2n) is 4.72. The van der Waals surface area contributed by atoms with E-state index in [1.54, 1.807) is 0 Å². The van der Waals surface area contributed by atoms with E-state index in [1.165, 1.54) is 11.0 Å². The molecule has 0 aliphatic carbocycles. The van der Waals surface area contributed by atoms with E-state index in [9.17, 15) is 13.6 Å². The molecule has 0 saturated carbocycles. The first-order chi connectivity index (χ1) is 8.50. The number of hydrogen-bond acceptors (Lipinski definition) is 1. The minimum absolute atomic E-state index is 0.109. The number of carbonyl (C=O) groups excluding carboxylic acids is 1. The van der Waals surface area contributed by atoms with Gasteiger partial charge in [0.2, 0.25) is 0 Å². The highest BCUT2D eigenvalue weighted by Crippen LogP contribution is 2.25. The summed E-state index contributed by atoms with van der Waals surface area (Å²) >= 11 is 2.97. The summed E-state index contributed by atoms with van der Waals surface area (Å²) in [6.07, 6.45) is 1.93. The molecule has 1 aromatic rings. The predicted molar refractivity (Wildman–Crippen MR) is 68.4 cm³/mol. The standard InChI is InChI=1S/C13H14BrF2NO/c1-8-3-2-6-17(7-8)13(18)11-10(15)5-4-9(14)12(11)16/h4-5,8H,2-3,6-7H2,1H3. The third-order valence-corrected chi connectivity index (χ3v) is 3.81. The lowest BCUT2D eigenvalue weighted by Crippen LogP contribution is -2.39. The molecule has 5 heteroatoms. The quantitative estimate of drug-likeness (QED) is 0.725. The van der Waals surface area contributed by atoms with Crippen molar-refractivity contribution in [3.8, 4) is 0 Å². The van der Waals surface area contributed by atoms with Gasteiger partial charge >= 0.3 is 0 Å². The first-order valence-corrected chi connectivity index (χ1v) is 6.72. The van der Waals surface area contributed by atoms with Crippen LogP contribution in [-0.4, -0.2) is 23.9 Å². The topological polar surface area (TPSA) is 20.3 Å². The van der Waals surface area contributed by atoms with Crippen LogP contribution in [0.15, 0.2) is 16.6 Å². The first kappa shape index (κ1) is 13.5. The molecule has 0 N–H and O–H groups in total. The van der Waals surface area contributed by atoms with E-state index in [1.807, 2.05) is 6.92 Å². The molecule has 0 radical (unpaired) electrons. The van der Waals surface area contributed by atoms with Crippen molar-refractivity contribution in [2.75, 3.05) is 13.1 Å². The van der Waals surface area contributed by atoms with Gasteiger partial charge in [-0.1, -0.05) is 6.92 Å². The van der Waals surface area contributed by atoms with Crippen molar-refractivity contribution >= 4 is 21.8 Å². The number of likely N-dealkylation sites (tertiary alicyclic amines) is 1. The van der Waals surface area contributed by atoms with Crippen molar-refractivity contribution in [1.82, 2.24) is 4.90 Å². The molecule has 2 nitrogen and oxygen atoms in total. The normalized spacial score (nSPS) is 20.0. The summed E-state index contributed by atoms with van der Waals surface area (Å²) < 4.78 is 27.6. The average Bonchev–Trinajstić information content (AvgIpc) is 2.34. The number of amides is 1. The van der Waals surface area contributed by atoms with E-state index >= 15 is 0 Å². The molecule has 1 heterocycles. The summed E-state index contributed by atoms with van der Waals surface area (Å²) in [4.78, 5) is 13.7. The zero-order valence-corrected chi connectivity index (χ0v) is 11.6. The van der Waals surface area contributed by atoms with Crippen LogP contribution in [0, 0.1) is 17.6 Å². The molecule has 1 unspecified atom stereocenters. The lowest BCUT2D eigenvalue weighted by atomic mass is 9.99. The van der Waals surface area contributed by atoms with Crippen molar-refractivity contribution in [1.29, 1.82) is 0 Å². The Kier molecular flexibility index (Phi) is 4.00. The first-order valence-electron chi connectivity index (χ1n) is 5.93. The zero-order valence-electron chi connectivity index (χ0n) is 10.0. The van der Waals surface area contributed by atoms with Crippen molar-refractivity contribution in [2.24, 2.45) is 5.92 Å². The molecule has 1 aliphatic rings. The maximum absolute atomic E-state index is 13.8. The van der Waals surface area contributed by atoms with Crippen LogP contribution in [0.4, 0.5) is 8.78 Å². The van der Waals surface area contributed by atoms with Crippen molar-refractivity contribution < 1.29 is 13.6 Å². The van der Waals surface area contributed by atoms with Gasteiger partial charge in [0.1, 0.15) is 11.4 Å². The van der Waals surface area contributed by atoms with Crippen LogP contribution in [0.2, 0.25) is 0 Å². The Balaban J connectivity index is 2.31. The summed E-state index contributed by atoms with van der Waals surface area (Å²) in [5, 5.41) is 0. The Labute approximate surface area is 113 Å². The molecular formula is C13H14BrF2NO. The molecule has 1 aromatic carbocycles. The van der Waals surface area contributed by atoms with Gasteiger partial charge in [0, 0.05) is 13.1 Å². The average molecular weight is 318 g/mol. The van der Waals surface area contributed by atoms with E-state index in [-0.39, 0.29) is 4.47 Å². The predicted octanol–water partition coefficient (Wildman–Crippen LogP) is 3.60. The van der Waals surface area contributed by atoms with Crippen LogP contribution in [0.3, 0.4) is 0 Å². The minimum Gasteiger partial charge on any atom is -0.338 e. The maximum atomic E-state index is 13.8. The van der Waals surface area contributed by atoms with Crippen LogP contribution in [0.1, 0.15) is 30.1 Å². The van der Waals surface area contributed by atoms with Gasteiger partial charge in [-0.3, -0.25) is 4.79 Å². The van der Waals surface area contributed by atoms with Crippen LogP contribution in [0.25, 0.3) is 0 Å². The van der Waals surface area contributed by atoms with Gasteiger partial charge in [-0.25, -0.2) is 8.78 Å². The highest BCUT2D eigenvalue weighted by atomic mass is 79.9. The Morgan fingerprint density at radius 3 is 2.83 bits per heavy atom. The van der Waals surface area contributed by atoms with Crippen molar-refractivity contribution in [2.45, 2.75) is 19.8 Å². The van der Waals surface area contributed by atoms with Crippen molar-refractivity contribution in [3.05, 3.63) is 33.8 Å². The maximum Gasteiger partial charge on any atom is 0.259 e. The Morgan fingerprint density at radius 1 is 1.44 bits per heavy atom. The lowest BCUT2D eigenvalue weighted by Gasteiger charge is -2.31. The summed E-state index contributed by atoms with van der Waals surface area (Å²) in [5.41, 5.74) is -0.460. The number of rotatable bonds is 1. The highest BCUT2D eigenvalue weighted by Gasteiger charge is 2.27. The number of carbonyl (C=O) groups is 1. The number of nitrogens with zero attached hydrogens (tertiary/aromatic N) is 1. The fourth-order valence-electron chi connectivity index (χ4n) is 2.26. The molecule has 1 atom stereocenters. The molecule has 2 rings (SSSR count). The molecule has 1 saturated heterocycles. The van der Waals surface area contributed by atoms with Gasteiger partial charge in [0.05, 0.1) is 4.47 Å². The van der Waals surface area contributed by atoms with Gasteiger partial charge < -0.3 is 4.90 Å². The Bertz CT molecular complexity index is 478. The van der Waals surface area contributed by atoms with Gasteiger partial charge in [0.25, 0.3) is 5.91 Å². The van der Waals surface area contributed by atoms with Crippen LogP contribution >= 0.6 is 15.9 Å². The molecule has 0 aromatic heterocycles. The molecule has 1 fully saturated rings. The number of halogens is 3. The second-order valence-corrected chi connectivity index (χ2v) is 5.57. The fourth-order valence-corrected chi connectivity index (χ4v) is 2.59. The summed E-state index contributed by atoms with van der Waals surface area (Å²) in [7, 11) is 0. The van der Waals surface area contributed by atoms with Gasteiger partial charge in [-0.15, -0.1) is 0 Å². The van der Waals surface area contributed by atoms with E-state index < -0.39 is 23.1 Å². The Morgan fingerprint density at radius 2 is 2.17 bits per heavy atom. The molecule has 98 valence electrons. The van der Waals surface area contributed by atoms with Gasteiger partial charge in [0.15, 0.2) is 5.82 Å². The molecule has 1 aliphatic heterocycles. The van der Waals surface area contributed by atoms with E-state index in [0.29, 0.717) is 19.0 Å². The minimum atomic E-state index is -0.821. The summed E-state index contributed by atoms with van der Waals surface area (Å²) in [6.45, 7) is 3.16. The zero-order chi connectivity index (χ0) is 13.3. The largest absolute Gasteiger partial charge is 0.338 e. The summed E-state index contributed by atoms with van der Waals surface area (Å²) in [5.74, 6) is -1.81. The third-order valence-electron chi connectivity index (χ3n) is 3.20. The molecule has 18 heavy (non-hydrogen) atoms. The van der Waals surface area contributed by atoms with Gasteiger partial charge in [-0.2, -0.15) is 0 Å². The molecule has 0 bridgehead atoms. The van der Waals surface area contributed by atoms with Gasteiger partial charge in [-0.05, 0) is 46.8 Å². The molecular weight excluding hydrogens is 304 g/mol. The second kappa shape index (κ2) is 5.34. The number of hydrogen-bond donors (Lipinski definition) is 0. The molecule has 1 amide bonds. The molecule has 0 spiro atoms. The number of benzene rings is 1. The van der Waals surface area contributed by atoms with Crippen LogP contribution in [-0.2, 0) is 0 Å². The number of piperidine rings is 1. The SMILES string of the molecule is CC1CCCN(C(=O)c2c(F)ccc(Br)c2F)C1. The lowest BCUT2D eigenvalue weighted by molar-refractivity contribution is 0.0673. The fraction of sp³-hybridized carbons (Fsp3) is 0.462. The highest BCUT2D eigenvalue weighted by molar-refractivity contribution is 9.10. The third kappa shape index (κ3) is 2.55. The van der Waals surface area contributed by atoms with E-state index in [2.05, 4.69) is 15.9 Å². The summed E-state index contributed by atoms with van der Waals surface area (Å²) in [6, 6.07) is 2.37. The monoisotopic (exact) mass is 317 g/mol. The van der Waals surface area contributed by atoms with E-state index in [4.69, 9.17) is 0 Å². The van der Waals surface area contributed by atoms with Crippen molar-refractivity contribution in [3.63, 3.8) is 0 Å². The smallest absolute Gasteiger partial charge is 0.259 e. The van der Waals surface area contributed by atoms with Crippen LogP contribution < -0.4 is 0 Å². The van der Waals surface area contributed by atoms with E-state index in [0.717, 1.165) is 18.9 Å². The van der Waals surface area contributed by atoms with Crippen LogP contribution in [0.5, 0.6) is 0 Å². The Hall–Kier alpha value is -0.970.